The predicted molar refractivity (Wildman–Crippen MR) is 143 cm³/mol. The van der Waals surface area contributed by atoms with Crippen LogP contribution < -0.4 is 19.9 Å². The maximum Gasteiger partial charge on any atom is 0.256 e. The van der Waals surface area contributed by atoms with Crippen molar-refractivity contribution in [3.8, 4) is 5.75 Å². The van der Waals surface area contributed by atoms with Crippen LogP contribution in [0.3, 0.4) is 0 Å². The van der Waals surface area contributed by atoms with Gasteiger partial charge in [-0.15, -0.1) is 0 Å². The highest BCUT2D eigenvalue weighted by molar-refractivity contribution is 6.07. The second-order valence-electron chi connectivity index (χ2n) is 9.25. The molecule has 37 heavy (non-hydrogen) atoms. The molecule has 3 amide bonds. The van der Waals surface area contributed by atoms with Crippen molar-refractivity contribution in [3.63, 3.8) is 0 Å². The number of rotatable bonds is 6. The zero-order valence-corrected chi connectivity index (χ0v) is 20.8. The fourth-order valence-electron chi connectivity index (χ4n) is 4.89. The Labute approximate surface area is 216 Å². The fraction of sp³-hybridized carbons (Fsp3) is 0.276. The van der Waals surface area contributed by atoms with E-state index in [-0.39, 0.29) is 30.7 Å². The molecular formula is C29H30N4O4. The van der Waals surface area contributed by atoms with Crippen molar-refractivity contribution >= 4 is 34.8 Å². The Bertz CT molecular complexity index is 1270. The summed E-state index contributed by atoms with van der Waals surface area (Å²) in [6, 6.07) is 24.4. The van der Waals surface area contributed by atoms with Gasteiger partial charge in [0.2, 0.25) is 11.8 Å². The molecule has 0 aliphatic carbocycles. The van der Waals surface area contributed by atoms with Crippen LogP contribution in [0, 0.1) is 5.92 Å². The van der Waals surface area contributed by atoms with E-state index < -0.39 is 5.92 Å². The number of piperazine rings is 1. The van der Waals surface area contributed by atoms with Crippen LogP contribution in [0.15, 0.2) is 78.9 Å². The predicted octanol–water partition coefficient (Wildman–Crippen LogP) is 3.65. The number of benzene rings is 3. The summed E-state index contributed by atoms with van der Waals surface area (Å²) in [5.74, 6) is -0.282. The van der Waals surface area contributed by atoms with Gasteiger partial charge in [0, 0.05) is 50.5 Å². The fourth-order valence-corrected chi connectivity index (χ4v) is 4.89. The highest BCUT2D eigenvalue weighted by atomic mass is 16.5. The molecule has 3 aromatic rings. The summed E-state index contributed by atoms with van der Waals surface area (Å²) in [4.78, 5) is 44.9. The molecule has 0 unspecified atom stereocenters. The third-order valence-electron chi connectivity index (χ3n) is 6.98. The van der Waals surface area contributed by atoms with Gasteiger partial charge < -0.3 is 24.8 Å². The molecule has 2 fully saturated rings. The normalized spacial score (nSPS) is 17.6. The molecule has 8 nitrogen and oxygen atoms in total. The topological polar surface area (TPSA) is 82.2 Å². The van der Waals surface area contributed by atoms with Crippen LogP contribution in [0.2, 0.25) is 0 Å². The Balaban J connectivity index is 1.23. The van der Waals surface area contributed by atoms with E-state index in [1.165, 1.54) is 0 Å². The van der Waals surface area contributed by atoms with Crippen LogP contribution in [0.1, 0.15) is 16.8 Å². The number of anilines is 3. The van der Waals surface area contributed by atoms with Crippen molar-refractivity contribution in [2.45, 2.75) is 6.42 Å². The van der Waals surface area contributed by atoms with Gasteiger partial charge in [-0.05, 0) is 48.5 Å². The molecule has 0 aromatic heterocycles. The SMILES string of the molecule is COc1ccc(N2C[C@@H](C(=O)Nc3ccccc3C(=O)N3CCN(c4ccccc4)CC3)CC2=O)cc1. The molecule has 0 radical (unpaired) electrons. The molecule has 0 bridgehead atoms. The van der Waals surface area contributed by atoms with E-state index in [1.807, 2.05) is 35.2 Å². The maximum absolute atomic E-state index is 13.4. The largest absolute Gasteiger partial charge is 0.497 e. The van der Waals surface area contributed by atoms with Crippen LogP contribution in [-0.2, 0) is 9.59 Å². The first-order chi connectivity index (χ1) is 18.0. The van der Waals surface area contributed by atoms with Gasteiger partial charge in [0.15, 0.2) is 0 Å². The van der Waals surface area contributed by atoms with Crippen molar-refractivity contribution in [1.82, 2.24) is 4.90 Å². The molecule has 8 heteroatoms. The lowest BCUT2D eigenvalue weighted by molar-refractivity contribution is -0.122. The van der Waals surface area contributed by atoms with Crippen LogP contribution in [0.4, 0.5) is 17.1 Å². The van der Waals surface area contributed by atoms with E-state index in [0.29, 0.717) is 30.1 Å². The summed E-state index contributed by atoms with van der Waals surface area (Å²) in [7, 11) is 1.59. The van der Waals surface area contributed by atoms with Gasteiger partial charge >= 0.3 is 0 Å². The van der Waals surface area contributed by atoms with Crippen molar-refractivity contribution in [2.24, 2.45) is 5.92 Å². The van der Waals surface area contributed by atoms with Gasteiger partial charge in [0.05, 0.1) is 24.3 Å². The summed E-state index contributed by atoms with van der Waals surface area (Å²) in [6.07, 6.45) is 0.120. The van der Waals surface area contributed by atoms with E-state index in [4.69, 9.17) is 4.74 Å². The number of hydrogen-bond acceptors (Lipinski definition) is 5. The summed E-state index contributed by atoms with van der Waals surface area (Å²) < 4.78 is 5.18. The molecule has 5 rings (SSSR count). The molecule has 1 atom stereocenters. The van der Waals surface area contributed by atoms with E-state index in [2.05, 4.69) is 22.3 Å². The number of amides is 3. The summed E-state index contributed by atoms with van der Waals surface area (Å²) >= 11 is 0. The molecule has 0 saturated carbocycles. The molecular weight excluding hydrogens is 468 g/mol. The lowest BCUT2D eigenvalue weighted by Crippen LogP contribution is -2.49. The number of ether oxygens (including phenoxy) is 1. The van der Waals surface area contributed by atoms with E-state index in [1.54, 1.807) is 48.4 Å². The lowest BCUT2D eigenvalue weighted by Gasteiger charge is -2.36. The molecule has 3 aromatic carbocycles. The monoisotopic (exact) mass is 498 g/mol. The minimum absolute atomic E-state index is 0.106. The molecule has 2 aliphatic heterocycles. The summed E-state index contributed by atoms with van der Waals surface area (Å²) in [6.45, 7) is 2.98. The van der Waals surface area contributed by atoms with Gasteiger partial charge in [0.1, 0.15) is 5.75 Å². The highest BCUT2D eigenvalue weighted by Gasteiger charge is 2.35. The third-order valence-corrected chi connectivity index (χ3v) is 6.98. The van der Waals surface area contributed by atoms with Crippen LogP contribution in [0.25, 0.3) is 0 Å². The Morgan fingerprint density at radius 2 is 1.51 bits per heavy atom. The first kappa shape index (κ1) is 24.4. The van der Waals surface area contributed by atoms with Gasteiger partial charge in [0.25, 0.3) is 5.91 Å². The second kappa shape index (κ2) is 10.7. The summed E-state index contributed by atoms with van der Waals surface area (Å²) in [5, 5.41) is 2.92. The zero-order valence-electron chi connectivity index (χ0n) is 20.8. The Morgan fingerprint density at radius 3 is 2.22 bits per heavy atom. The lowest BCUT2D eigenvalue weighted by atomic mass is 10.1. The van der Waals surface area contributed by atoms with E-state index >= 15 is 0 Å². The Hall–Kier alpha value is -4.33. The number of carbonyl (C=O) groups excluding carboxylic acids is 3. The quantitative estimate of drug-likeness (QED) is 0.561. The summed E-state index contributed by atoms with van der Waals surface area (Å²) in [5.41, 5.74) is 2.81. The first-order valence-corrected chi connectivity index (χ1v) is 12.5. The zero-order chi connectivity index (χ0) is 25.8. The molecule has 1 N–H and O–H groups in total. The number of nitrogens with zero attached hydrogens (tertiary/aromatic N) is 3. The maximum atomic E-state index is 13.4. The average molecular weight is 499 g/mol. The minimum atomic E-state index is -0.507. The Morgan fingerprint density at radius 1 is 0.838 bits per heavy atom. The van der Waals surface area contributed by atoms with Crippen molar-refractivity contribution in [3.05, 3.63) is 84.4 Å². The van der Waals surface area contributed by atoms with Crippen LogP contribution >= 0.6 is 0 Å². The van der Waals surface area contributed by atoms with Crippen molar-refractivity contribution in [1.29, 1.82) is 0 Å². The van der Waals surface area contributed by atoms with Gasteiger partial charge in [-0.1, -0.05) is 30.3 Å². The van der Waals surface area contributed by atoms with E-state index in [0.717, 1.165) is 24.5 Å². The number of nitrogens with one attached hydrogen (secondary N) is 1. The minimum Gasteiger partial charge on any atom is -0.497 e. The molecule has 0 spiro atoms. The van der Waals surface area contributed by atoms with Gasteiger partial charge in [-0.2, -0.15) is 0 Å². The van der Waals surface area contributed by atoms with Gasteiger partial charge in [-0.25, -0.2) is 0 Å². The van der Waals surface area contributed by atoms with Crippen molar-refractivity contribution < 1.29 is 19.1 Å². The van der Waals surface area contributed by atoms with Gasteiger partial charge in [-0.3, -0.25) is 14.4 Å². The standard InChI is InChI=1S/C29H30N4O4/c1-37-24-13-11-23(12-14-24)33-20-21(19-27(33)34)28(35)30-26-10-6-5-9-25(26)29(36)32-17-15-31(16-18-32)22-7-3-2-4-8-22/h2-14,21H,15-20H2,1H3,(H,30,35)/t21-/m0/s1. The molecule has 190 valence electrons. The van der Waals surface area contributed by atoms with Crippen LogP contribution in [0.5, 0.6) is 5.75 Å². The highest BCUT2D eigenvalue weighted by Crippen LogP contribution is 2.28. The average Bonchev–Trinajstić information content (AvgIpc) is 3.35. The second-order valence-corrected chi connectivity index (χ2v) is 9.25. The van der Waals surface area contributed by atoms with Crippen LogP contribution in [-0.4, -0.2) is 62.5 Å². The molecule has 2 saturated heterocycles. The third kappa shape index (κ3) is 5.28. The first-order valence-electron chi connectivity index (χ1n) is 12.5. The number of carbonyl (C=O) groups is 3. The number of methoxy groups -OCH3 is 1. The van der Waals surface area contributed by atoms with Crippen molar-refractivity contribution in [2.75, 3.05) is 55.0 Å². The van der Waals surface area contributed by atoms with E-state index in [9.17, 15) is 14.4 Å². The smallest absolute Gasteiger partial charge is 0.256 e. The number of para-hydroxylation sites is 2. The Kier molecular flexibility index (Phi) is 7.07. The molecule has 2 heterocycles. The molecule has 2 aliphatic rings. The number of hydrogen-bond donors (Lipinski definition) is 1.